The molecule has 2 aromatic heterocycles. The zero-order valence-electron chi connectivity index (χ0n) is 17.4. The summed E-state index contributed by atoms with van der Waals surface area (Å²) < 4.78 is 16.6. The molecule has 2 aliphatic carbocycles. The first kappa shape index (κ1) is 19.5. The molecule has 0 radical (unpaired) electrons. The molecule has 1 aliphatic heterocycles. The minimum absolute atomic E-state index is 0.0337. The van der Waals surface area contributed by atoms with Crippen LogP contribution in [0.25, 0.3) is 5.52 Å². The number of anilines is 1. The third-order valence-electron chi connectivity index (χ3n) is 7.90. The van der Waals surface area contributed by atoms with Crippen molar-refractivity contribution < 1.29 is 14.3 Å². The zero-order valence-corrected chi connectivity index (χ0v) is 17.4. The molecule has 7 heteroatoms. The lowest BCUT2D eigenvalue weighted by molar-refractivity contribution is 0.0326. The number of carboxylic acid groups (broad SMARTS) is 1. The van der Waals surface area contributed by atoms with Crippen LogP contribution in [0.1, 0.15) is 66.4 Å². The van der Waals surface area contributed by atoms with Crippen LogP contribution in [0.3, 0.4) is 0 Å². The van der Waals surface area contributed by atoms with Crippen LogP contribution in [0.2, 0.25) is 0 Å². The van der Waals surface area contributed by atoms with E-state index in [4.69, 9.17) is 5.73 Å². The Hall–Kier alpha value is -2.41. The van der Waals surface area contributed by atoms with Crippen LogP contribution < -0.4 is 16.2 Å². The van der Waals surface area contributed by atoms with Crippen molar-refractivity contribution in [3.63, 3.8) is 0 Å². The van der Waals surface area contributed by atoms with Gasteiger partial charge in [0.05, 0.1) is 17.4 Å². The Balaban J connectivity index is 1.71. The molecule has 5 rings (SSSR count). The number of rotatable bonds is 3. The van der Waals surface area contributed by atoms with Gasteiger partial charge in [0.1, 0.15) is 5.56 Å². The summed E-state index contributed by atoms with van der Waals surface area (Å²) >= 11 is 0. The van der Waals surface area contributed by atoms with Gasteiger partial charge in [-0.05, 0) is 67.1 Å². The second kappa shape index (κ2) is 6.54. The largest absolute Gasteiger partial charge is 0.477 e. The number of nitrogens with zero attached hydrogens (tertiary/aromatic N) is 2. The van der Waals surface area contributed by atoms with E-state index in [1.54, 1.807) is 0 Å². The van der Waals surface area contributed by atoms with Crippen molar-refractivity contribution in [3.05, 3.63) is 45.1 Å². The third-order valence-corrected chi connectivity index (χ3v) is 7.90. The molecular formula is C23H28FN3O3. The van der Waals surface area contributed by atoms with E-state index in [1.165, 1.54) is 23.1 Å². The van der Waals surface area contributed by atoms with Crippen LogP contribution in [0, 0.1) is 24.1 Å². The molecule has 1 unspecified atom stereocenters. The van der Waals surface area contributed by atoms with Crippen LogP contribution in [-0.4, -0.2) is 34.6 Å². The Morgan fingerprint density at radius 3 is 2.60 bits per heavy atom. The average molecular weight is 413 g/mol. The number of hydrogen-bond acceptors (Lipinski definition) is 4. The van der Waals surface area contributed by atoms with E-state index in [0.29, 0.717) is 29.2 Å². The van der Waals surface area contributed by atoms with E-state index in [2.05, 4.69) is 11.8 Å². The highest BCUT2D eigenvalue weighted by atomic mass is 19.1. The predicted octanol–water partition coefficient (Wildman–Crippen LogP) is 3.28. The van der Waals surface area contributed by atoms with Crippen LogP contribution in [-0.2, 0) is 0 Å². The second-order valence-corrected chi connectivity index (χ2v) is 9.62. The van der Waals surface area contributed by atoms with Gasteiger partial charge in [0, 0.05) is 19.1 Å². The normalized spacial score (nSPS) is 25.5. The van der Waals surface area contributed by atoms with E-state index in [9.17, 15) is 14.7 Å². The number of piperidine rings is 1. The highest BCUT2D eigenvalue weighted by molar-refractivity contribution is 5.89. The van der Waals surface area contributed by atoms with Gasteiger partial charge in [-0.3, -0.25) is 9.20 Å². The Morgan fingerprint density at radius 2 is 2.03 bits per heavy atom. The van der Waals surface area contributed by atoms with E-state index >= 15 is 4.39 Å². The van der Waals surface area contributed by atoms with Gasteiger partial charge in [0.2, 0.25) is 0 Å². The molecule has 30 heavy (non-hydrogen) atoms. The van der Waals surface area contributed by atoms with Crippen molar-refractivity contribution in [1.29, 1.82) is 0 Å². The fraction of sp³-hybridized carbons (Fsp3) is 0.565. The fourth-order valence-electron chi connectivity index (χ4n) is 5.76. The Bertz CT molecular complexity index is 1120. The van der Waals surface area contributed by atoms with E-state index in [0.717, 1.165) is 37.8 Å². The van der Waals surface area contributed by atoms with Crippen molar-refractivity contribution in [2.24, 2.45) is 17.1 Å². The molecule has 0 aromatic carbocycles. The SMILES string of the molecule is Cc1c(N2CC(N)[C@@H](C)C3(CCC3)C2)c(F)cn2c(=O)c(C(=O)O)cc(C3CC3)c12. The number of aromatic nitrogens is 1. The van der Waals surface area contributed by atoms with E-state index in [-0.39, 0.29) is 22.9 Å². The molecule has 6 nitrogen and oxygen atoms in total. The second-order valence-electron chi connectivity index (χ2n) is 9.62. The van der Waals surface area contributed by atoms with E-state index in [1.807, 2.05) is 6.92 Å². The molecule has 1 saturated heterocycles. The maximum Gasteiger partial charge on any atom is 0.341 e. The zero-order chi connectivity index (χ0) is 21.4. The molecule has 3 aliphatic rings. The lowest BCUT2D eigenvalue weighted by atomic mass is 9.58. The van der Waals surface area contributed by atoms with Crippen molar-refractivity contribution in [2.75, 3.05) is 18.0 Å². The van der Waals surface area contributed by atoms with Gasteiger partial charge in [-0.25, -0.2) is 9.18 Å². The predicted molar refractivity (Wildman–Crippen MR) is 113 cm³/mol. The minimum atomic E-state index is -1.28. The molecule has 3 N–H and O–H groups in total. The number of nitrogens with two attached hydrogens (primary N) is 1. The van der Waals surface area contributed by atoms with Gasteiger partial charge < -0.3 is 15.7 Å². The van der Waals surface area contributed by atoms with Crippen LogP contribution in [0.5, 0.6) is 0 Å². The molecular weight excluding hydrogens is 385 g/mol. The molecule has 2 atom stereocenters. The summed E-state index contributed by atoms with van der Waals surface area (Å²) in [7, 11) is 0. The highest BCUT2D eigenvalue weighted by Gasteiger charge is 2.49. The first-order valence-corrected chi connectivity index (χ1v) is 10.9. The number of aryl methyl sites for hydroxylation is 1. The molecule has 2 aromatic rings. The Morgan fingerprint density at radius 1 is 1.33 bits per heavy atom. The topological polar surface area (TPSA) is 88.0 Å². The van der Waals surface area contributed by atoms with Gasteiger partial charge >= 0.3 is 5.97 Å². The van der Waals surface area contributed by atoms with Crippen LogP contribution in [0.4, 0.5) is 10.1 Å². The first-order valence-electron chi connectivity index (χ1n) is 10.9. The fourth-order valence-corrected chi connectivity index (χ4v) is 5.76. The molecule has 1 spiro atoms. The number of carbonyl (C=O) groups is 1. The van der Waals surface area contributed by atoms with Crippen LogP contribution in [0.15, 0.2) is 17.1 Å². The number of aromatic carboxylic acids is 1. The van der Waals surface area contributed by atoms with Gasteiger partial charge in [-0.15, -0.1) is 0 Å². The van der Waals surface area contributed by atoms with Gasteiger partial charge in [-0.2, -0.15) is 0 Å². The van der Waals surface area contributed by atoms with Crippen LogP contribution >= 0.6 is 0 Å². The minimum Gasteiger partial charge on any atom is -0.477 e. The summed E-state index contributed by atoms with van der Waals surface area (Å²) in [5.41, 5.74) is 8.32. The molecule has 0 bridgehead atoms. The molecule has 3 heterocycles. The number of halogens is 1. The number of fused-ring (bicyclic) bond motifs is 1. The lowest BCUT2D eigenvalue weighted by Gasteiger charge is -2.56. The number of carboxylic acids is 1. The van der Waals surface area contributed by atoms with Gasteiger partial charge in [0.25, 0.3) is 5.56 Å². The molecule has 2 saturated carbocycles. The molecule has 160 valence electrons. The maximum absolute atomic E-state index is 15.4. The Labute approximate surface area is 174 Å². The molecule has 3 fully saturated rings. The van der Waals surface area contributed by atoms with Crippen molar-refractivity contribution in [2.45, 2.75) is 57.9 Å². The monoisotopic (exact) mass is 413 g/mol. The summed E-state index contributed by atoms with van der Waals surface area (Å²) in [4.78, 5) is 26.5. The first-order chi connectivity index (χ1) is 14.2. The molecule has 0 amide bonds. The maximum atomic E-state index is 15.4. The summed E-state index contributed by atoms with van der Waals surface area (Å²) in [5.74, 6) is -1.16. The van der Waals surface area contributed by atoms with E-state index < -0.39 is 17.3 Å². The number of pyridine rings is 2. The lowest BCUT2D eigenvalue weighted by Crippen LogP contribution is -2.60. The van der Waals surface area contributed by atoms with Crippen molar-refractivity contribution >= 4 is 17.2 Å². The Kier molecular flexibility index (Phi) is 4.26. The summed E-state index contributed by atoms with van der Waals surface area (Å²) in [6.07, 6.45) is 6.49. The van der Waals surface area contributed by atoms with Crippen molar-refractivity contribution in [3.8, 4) is 0 Å². The average Bonchev–Trinajstić information content (AvgIpc) is 3.48. The summed E-state index contributed by atoms with van der Waals surface area (Å²) in [5, 5.41) is 9.46. The summed E-state index contributed by atoms with van der Waals surface area (Å²) in [6.45, 7) is 5.40. The highest BCUT2D eigenvalue weighted by Crippen LogP contribution is 2.52. The standard InChI is InChI=1S/C23H28FN3O3/c1-12-19-15(14-4-5-14)8-16(22(29)30)21(28)27(19)9-17(24)20(12)26-10-18(25)13(2)23(11-26)6-3-7-23/h8-9,13-14,18H,3-7,10-11,25H2,1-2H3,(H,29,30)/t13-,18?/m1/s1. The van der Waals surface area contributed by atoms with Gasteiger partial charge in [0.15, 0.2) is 5.82 Å². The quantitative estimate of drug-likeness (QED) is 0.806. The van der Waals surface area contributed by atoms with Gasteiger partial charge in [-0.1, -0.05) is 13.3 Å². The third kappa shape index (κ3) is 2.71. The number of hydrogen-bond donors (Lipinski definition) is 2. The summed E-state index contributed by atoms with van der Waals surface area (Å²) in [6, 6.07) is 1.47. The van der Waals surface area contributed by atoms with Crippen molar-refractivity contribution in [1.82, 2.24) is 4.40 Å². The smallest absolute Gasteiger partial charge is 0.341 e.